The lowest BCUT2D eigenvalue weighted by molar-refractivity contribution is 0.452. The molecule has 0 aliphatic heterocycles. The maximum Gasteiger partial charge on any atom is 0.271 e. The van der Waals surface area contributed by atoms with Crippen molar-refractivity contribution in [1.82, 2.24) is 9.97 Å². The van der Waals surface area contributed by atoms with E-state index in [1.54, 1.807) is 0 Å². The molecule has 0 spiro atoms. The molecule has 0 radical (unpaired) electrons. The Balaban J connectivity index is 1.87. The van der Waals surface area contributed by atoms with Crippen molar-refractivity contribution in [1.29, 1.82) is 5.26 Å². The largest absolute Gasteiger partial charge is 0.464 e. The van der Waals surface area contributed by atoms with Gasteiger partial charge in [-0.25, -0.2) is 13.8 Å². The second kappa shape index (κ2) is 8.92. The average molecular weight is 416 g/mol. The first-order chi connectivity index (χ1) is 13.9. The van der Waals surface area contributed by atoms with Gasteiger partial charge in [0.1, 0.15) is 17.6 Å². The molecule has 1 aromatic carbocycles. The maximum atomic E-state index is 13.8. The first-order valence-corrected chi connectivity index (χ1v) is 9.84. The van der Waals surface area contributed by atoms with E-state index >= 15 is 0 Å². The van der Waals surface area contributed by atoms with E-state index in [-0.39, 0.29) is 33.9 Å². The third-order valence-electron chi connectivity index (χ3n) is 4.23. The molecule has 2 heterocycles. The summed E-state index contributed by atoms with van der Waals surface area (Å²) >= 11 is 1.03. The van der Waals surface area contributed by atoms with Crippen LogP contribution in [0.4, 0.5) is 14.6 Å². The van der Waals surface area contributed by atoms with Crippen molar-refractivity contribution in [2.75, 3.05) is 5.32 Å². The van der Waals surface area contributed by atoms with Gasteiger partial charge in [0, 0.05) is 11.3 Å². The van der Waals surface area contributed by atoms with Gasteiger partial charge in [-0.1, -0.05) is 30.8 Å². The fraction of sp³-hybridized carbons (Fsp3) is 0.250. The Bertz CT molecular complexity index is 1120. The predicted molar refractivity (Wildman–Crippen MR) is 106 cm³/mol. The van der Waals surface area contributed by atoms with Crippen LogP contribution in [0, 0.1) is 29.9 Å². The molecule has 0 saturated carbocycles. The number of furan rings is 1. The van der Waals surface area contributed by atoms with Gasteiger partial charge in [-0.15, -0.1) is 0 Å². The number of nitrogens with one attached hydrogen (secondary N) is 2. The van der Waals surface area contributed by atoms with Gasteiger partial charge in [-0.3, -0.25) is 4.79 Å². The summed E-state index contributed by atoms with van der Waals surface area (Å²) in [6.45, 7) is 3.75. The van der Waals surface area contributed by atoms with Gasteiger partial charge in [0.25, 0.3) is 5.56 Å². The van der Waals surface area contributed by atoms with E-state index in [9.17, 15) is 18.8 Å². The van der Waals surface area contributed by atoms with Crippen molar-refractivity contribution < 1.29 is 13.2 Å². The molecule has 3 rings (SSSR count). The van der Waals surface area contributed by atoms with E-state index in [1.807, 2.05) is 32.0 Å². The van der Waals surface area contributed by atoms with Crippen molar-refractivity contribution in [3.63, 3.8) is 0 Å². The minimum atomic E-state index is -0.939. The van der Waals surface area contributed by atoms with E-state index in [0.29, 0.717) is 12.2 Å². The highest BCUT2D eigenvalue weighted by Crippen LogP contribution is 2.27. The number of aromatic nitrogens is 2. The molecular weight excluding hydrogens is 398 g/mol. The molecule has 1 atom stereocenters. The van der Waals surface area contributed by atoms with E-state index in [0.717, 1.165) is 23.6 Å². The van der Waals surface area contributed by atoms with Crippen molar-refractivity contribution in [2.45, 2.75) is 37.2 Å². The Morgan fingerprint density at radius 3 is 2.79 bits per heavy atom. The summed E-state index contributed by atoms with van der Waals surface area (Å²) in [5.41, 5.74) is -0.625. The van der Waals surface area contributed by atoms with E-state index in [1.165, 1.54) is 12.1 Å². The number of thioether (sulfide) groups is 1. The van der Waals surface area contributed by atoms with Gasteiger partial charge in [0.15, 0.2) is 28.2 Å². The van der Waals surface area contributed by atoms with Gasteiger partial charge in [-0.05, 0) is 31.5 Å². The molecule has 0 aliphatic carbocycles. The smallest absolute Gasteiger partial charge is 0.271 e. The van der Waals surface area contributed by atoms with Crippen molar-refractivity contribution in [3.05, 3.63) is 75.0 Å². The van der Waals surface area contributed by atoms with E-state index in [2.05, 4.69) is 15.3 Å². The van der Waals surface area contributed by atoms with Crippen LogP contribution in [0.25, 0.3) is 0 Å². The Morgan fingerprint density at radius 1 is 1.34 bits per heavy atom. The minimum Gasteiger partial charge on any atom is -0.464 e. The quantitative estimate of drug-likeness (QED) is 0.429. The molecular formula is C20H18F2N4O2S. The third kappa shape index (κ3) is 4.66. The molecule has 0 amide bonds. The fourth-order valence-corrected chi connectivity index (χ4v) is 3.55. The second-order valence-electron chi connectivity index (χ2n) is 6.26. The van der Waals surface area contributed by atoms with Crippen LogP contribution >= 0.6 is 11.8 Å². The van der Waals surface area contributed by atoms with Crippen LogP contribution in [0.5, 0.6) is 0 Å². The maximum absolute atomic E-state index is 13.8. The lowest BCUT2D eigenvalue weighted by atomic mass is 10.1. The highest BCUT2D eigenvalue weighted by molar-refractivity contribution is 7.98. The van der Waals surface area contributed by atoms with Crippen LogP contribution in [0.3, 0.4) is 0 Å². The topological polar surface area (TPSA) is 94.7 Å². The molecule has 0 fully saturated rings. The fourth-order valence-electron chi connectivity index (χ4n) is 2.72. The van der Waals surface area contributed by atoms with Gasteiger partial charge >= 0.3 is 0 Å². The first kappa shape index (κ1) is 20.6. The summed E-state index contributed by atoms with van der Waals surface area (Å²) in [6, 6.07) is 9.11. The Morgan fingerprint density at radius 2 is 2.14 bits per heavy atom. The monoisotopic (exact) mass is 416 g/mol. The molecule has 29 heavy (non-hydrogen) atoms. The number of anilines is 1. The summed E-state index contributed by atoms with van der Waals surface area (Å²) in [7, 11) is 0. The molecule has 6 nitrogen and oxygen atoms in total. The van der Waals surface area contributed by atoms with Crippen molar-refractivity contribution >= 4 is 17.6 Å². The summed E-state index contributed by atoms with van der Waals surface area (Å²) in [5, 5.41) is 12.6. The number of hydrogen-bond acceptors (Lipinski definition) is 6. The van der Waals surface area contributed by atoms with Crippen molar-refractivity contribution in [3.8, 4) is 6.07 Å². The van der Waals surface area contributed by atoms with Crippen LogP contribution < -0.4 is 10.9 Å². The number of nitrogens with zero attached hydrogens (tertiary/aromatic N) is 2. The molecule has 0 unspecified atom stereocenters. The third-order valence-corrected chi connectivity index (χ3v) is 5.15. The highest BCUT2D eigenvalue weighted by Gasteiger charge is 2.19. The molecule has 0 bridgehead atoms. The Hall–Kier alpha value is -3.12. The first-order valence-electron chi connectivity index (χ1n) is 8.85. The number of aromatic amines is 1. The standard InChI is InChI=1S/C20H18F2N4O2S/c1-3-15(16-8-7-11(2)28-16)24-18-13(9-23)19(27)26-20(25-18)29-10-12-5-4-6-14(21)17(12)22/h4-8,15H,3,10H2,1-2H3,(H2,24,25,26,27)/t15-/m1/s1. The number of rotatable bonds is 7. The van der Waals surface area contributed by atoms with Gasteiger partial charge in [0.2, 0.25) is 0 Å². The number of benzene rings is 1. The lowest BCUT2D eigenvalue weighted by Gasteiger charge is -2.16. The second-order valence-corrected chi connectivity index (χ2v) is 7.23. The molecule has 9 heteroatoms. The van der Waals surface area contributed by atoms with Crippen molar-refractivity contribution in [2.24, 2.45) is 0 Å². The van der Waals surface area contributed by atoms with Crippen LogP contribution in [0.2, 0.25) is 0 Å². The molecule has 2 aromatic heterocycles. The van der Waals surface area contributed by atoms with Gasteiger partial charge in [-0.2, -0.15) is 5.26 Å². The normalized spacial score (nSPS) is 11.8. The zero-order chi connectivity index (χ0) is 21.0. The Labute approximate surface area is 170 Å². The molecule has 2 N–H and O–H groups in total. The summed E-state index contributed by atoms with van der Waals surface area (Å²) in [4.78, 5) is 19.1. The minimum absolute atomic E-state index is 0.0620. The van der Waals surface area contributed by atoms with Crippen LogP contribution in [0.15, 0.2) is 44.7 Å². The van der Waals surface area contributed by atoms with Gasteiger partial charge < -0.3 is 14.7 Å². The number of halogens is 2. The molecule has 3 aromatic rings. The number of nitriles is 1. The predicted octanol–water partition coefficient (Wildman–Crippen LogP) is 4.68. The summed E-state index contributed by atoms with van der Waals surface area (Å²) < 4.78 is 32.8. The molecule has 0 saturated heterocycles. The summed E-state index contributed by atoms with van der Waals surface area (Å²) in [6.07, 6.45) is 0.628. The number of aryl methyl sites for hydroxylation is 1. The molecule has 150 valence electrons. The molecule has 0 aliphatic rings. The van der Waals surface area contributed by atoms with Crippen LogP contribution in [0.1, 0.15) is 42.0 Å². The highest BCUT2D eigenvalue weighted by atomic mass is 32.2. The lowest BCUT2D eigenvalue weighted by Crippen LogP contribution is -2.19. The zero-order valence-corrected chi connectivity index (χ0v) is 16.6. The van der Waals surface area contributed by atoms with E-state index in [4.69, 9.17) is 4.42 Å². The number of H-pyrrole nitrogens is 1. The van der Waals surface area contributed by atoms with Gasteiger partial charge in [0.05, 0.1) is 6.04 Å². The average Bonchev–Trinajstić information content (AvgIpc) is 3.13. The van der Waals surface area contributed by atoms with Crippen LogP contribution in [-0.2, 0) is 5.75 Å². The summed E-state index contributed by atoms with van der Waals surface area (Å²) in [5.74, 6) is -0.300. The zero-order valence-electron chi connectivity index (χ0n) is 15.8. The van der Waals surface area contributed by atoms with E-state index < -0.39 is 17.2 Å². The Kier molecular flexibility index (Phi) is 6.34. The number of hydrogen-bond donors (Lipinski definition) is 2. The van der Waals surface area contributed by atoms with Crippen LogP contribution in [-0.4, -0.2) is 9.97 Å². The SMILES string of the molecule is CC[C@@H](Nc1nc(SCc2cccc(F)c2F)[nH]c(=O)c1C#N)c1ccc(C)o1.